The van der Waals surface area contributed by atoms with E-state index in [2.05, 4.69) is 20.2 Å². The molecule has 2 fully saturated rings. The van der Waals surface area contributed by atoms with Crippen molar-refractivity contribution in [3.8, 4) is 11.5 Å². The molecule has 28 heavy (non-hydrogen) atoms. The number of allylic oxidation sites excluding steroid dienone is 1. The lowest BCUT2D eigenvalue weighted by molar-refractivity contribution is -0.950. The smallest absolute Gasteiger partial charge is 0.123 e. The zero-order chi connectivity index (χ0) is 19.0. The van der Waals surface area contributed by atoms with Crippen LogP contribution in [0, 0.1) is 5.92 Å². The van der Waals surface area contributed by atoms with Crippen LogP contribution in [-0.2, 0) is 0 Å². The van der Waals surface area contributed by atoms with Gasteiger partial charge in [0, 0.05) is 24.0 Å². The normalized spacial score (nSPS) is 25.4. The van der Waals surface area contributed by atoms with Gasteiger partial charge >= 0.3 is 0 Å². The summed E-state index contributed by atoms with van der Waals surface area (Å²) in [6.07, 6.45) is 8.61. The number of phenols is 2. The Morgan fingerprint density at radius 3 is 1.79 bits per heavy atom. The van der Waals surface area contributed by atoms with Gasteiger partial charge in [-0.2, -0.15) is 0 Å². The maximum atomic E-state index is 10.5. The number of para-hydroxylation sites is 2. The third-order valence-corrected chi connectivity index (χ3v) is 6.90. The fourth-order valence-corrected chi connectivity index (χ4v) is 5.23. The van der Waals surface area contributed by atoms with E-state index in [1.807, 2.05) is 36.4 Å². The monoisotopic (exact) mass is 443 g/mol. The van der Waals surface area contributed by atoms with E-state index in [9.17, 15) is 10.2 Å². The van der Waals surface area contributed by atoms with Crippen molar-refractivity contribution in [2.75, 3.05) is 14.1 Å². The summed E-state index contributed by atoms with van der Waals surface area (Å²) in [6.45, 7) is 0. The van der Waals surface area contributed by atoms with Crippen molar-refractivity contribution >= 4 is 5.57 Å². The molecule has 2 aromatic rings. The van der Waals surface area contributed by atoms with E-state index in [4.69, 9.17) is 0 Å². The second kappa shape index (κ2) is 8.30. The maximum absolute atomic E-state index is 10.5. The number of fused-ring (bicyclic) bond motifs is 2. The van der Waals surface area contributed by atoms with E-state index in [0.29, 0.717) is 18.0 Å². The van der Waals surface area contributed by atoms with Crippen LogP contribution in [0.15, 0.2) is 54.6 Å². The van der Waals surface area contributed by atoms with Gasteiger partial charge in [-0.25, -0.2) is 0 Å². The molecule has 3 nitrogen and oxygen atoms in total. The van der Waals surface area contributed by atoms with Crippen LogP contribution in [-0.4, -0.2) is 40.9 Å². The summed E-state index contributed by atoms with van der Waals surface area (Å²) in [5.41, 5.74) is 2.54. The Hall–Kier alpha value is -1.78. The van der Waals surface area contributed by atoms with Gasteiger partial charge in [0.2, 0.25) is 0 Å². The Kier molecular flexibility index (Phi) is 6.21. The predicted molar refractivity (Wildman–Crippen MR) is 110 cm³/mol. The minimum atomic E-state index is 0. The molecule has 0 amide bonds. The highest BCUT2D eigenvalue weighted by Gasteiger charge is 2.45. The van der Waals surface area contributed by atoms with Gasteiger partial charge in [0.25, 0.3) is 0 Å². The molecule has 0 spiro atoms. The molecule has 2 N–H and O–H groups in total. The largest absolute Gasteiger partial charge is 1.00 e. The quantitative estimate of drug-likeness (QED) is 0.711. The summed E-state index contributed by atoms with van der Waals surface area (Å²) in [5.74, 6) is 0.999. The lowest BCUT2D eigenvalue weighted by Crippen LogP contribution is -3.00. The second-order valence-electron chi connectivity index (χ2n) is 8.71. The average Bonchev–Trinajstić information content (AvgIpc) is 2.61. The van der Waals surface area contributed by atoms with E-state index < -0.39 is 0 Å². The summed E-state index contributed by atoms with van der Waals surface area (Å²) in [6, 6.07) is 16.3. The molecule has 1 unspecified atom stereocenters. The van der Waals surface area contributed by atoms with Crippen LogP contribution in [0.4, 0.5) is 0 Å². The molecule has 2 heterocycles. The molecule has 150 valence electrons. The van der Waals surface area contributed by atoms with Crippen LogP contribution in [0.1, 0.15) is 43.2 Å². The number of aromatic hydroxyl groups is 2. The van der Waals surface area contributed by atoms with E-state index in [1.165, 1.54) is 32.1 Å². The number of benzene rings is 2. The number of phenolic OH excluding ortho intramolecular Hbond substituents is 2. The van der Waals surface area contributed by atoms with Gasteiger partial charge in [-0.1, -0.05) is 42.5 Å². The molecule has 2 aliphatic rings. The summed E-state index contributed by atoms with van der Waals surface area (Å²) >= 11 is 0. The number of quaternary nitrogens is 1. The molecule has 2 aromatic carbocycles. The number of hydrogen-bond acceptors (Lipinski definition) is 2. The molecule has 0 aromatic heterocycles. The Morgan fingerprint density at radius 2 is 1.32 bits per heavy atom. The van der Waals surface area contributed by atoms with Crippen LogP contribution in [0.2, 0.25) is 0 Å². The molecule has 2 saturated heterocycles. The molecule has 4 rings (SSSR count). The standard InChI is InChI=1S/C24H29NO2.BrH/c1-25(2)18-8-7-9-19(25)15-17(14-18)16-22(20-10-3-5-12-23(20)26)21-11-4-6-13-24(21)27;/h3-6,10-13,16-19H,7-9,14-15H2,1-2H3,(H-,26,27);1H/t17?,18-,19+;. The fraction of sp³-hybridized carbons (Fsp3) is 0.417. The van der Waals surface area contributed by atoms with Gasteiger partial charge in [0.15, 0.2) is 0 Å². The number of nitrogens with zero attached hydrogens (tertiary/aromatic N) is 1. The molecular formula is C24H30BrNO2. The minimum Gasteiger partial charge on any atom is -1.00 e. The first-order chi connectivity index (χ1) is 13.0. The highest BCUT2D eigenvalue weighted by Crippen LogP contribution is 2.43. The van der Waals surface area contributed by atoms with E-state index >= 15 is 0 Å². The lowest BCUT2D eigenvalue weighted by atomic mass is 9.75. The lowest BCUT2D eigenvalue weighted by Gasteiger charge is -2.53. The first-order valence-corrected chi connectivity index (χ1v) is 10.1. The van der Waals surface area contributed by atoms with Gasteiger partial charge in [-0.15, -0.1) is 0 Å². The van der Waals surface area contributed by atoms with Gasteiger partial charge in [-0.3, -0.25) is 0 Å². The molecule has 4 heteroatoms. The highest BCUT2D eigenvalue weighted by molar-refractivity contribution is 5.85. The molecule has 0 saturated carbocycles. The fourth-order valence-electron chi connectivity index (χ4n) is 5.23. The molecular weight excluding hydrogens is 414 g/mol. The van der Waals surface area contributed by atoms with Crippen LogP contribution < -0.4 is 17.0 Å². The molecule has 2 aliphatic heterocycles. The van der Waals surface area contributed by atoms with Gasteiger partial charge in [-0.05, 0) is 42.9 Å². The molecule has 3 atom stereocenters. The molecule has 0 radical (unpaired) electrons. The van der Waals surface area contributed by atoms with Crippen LogP contribution >= 0.6 is 0 Å². The Balaban J connectivity index is 0.00000225. The Labute approximate surface area is 178 Å². The first kappa shape index (κ1) is 20.9. The van der Waals surface area contributed by atoms with Gasteiger partial charge in [0.05, 0.1) is 26.2 Å². The topological polar surface area (TPSA) is 40.5 Å². The first-order valence-electron chi connectivity index (χ1n) is 10.1. The maximum Gasteiger partial charge on any atom is 0.123 e. The summed E-state index contributed by atoms with van der Waals surface area (Å²) in [5, 5.41) is 21.0. The van der Waals surface area contributed by atoms with Crippen LogP contribution in [0.5, 0.6) is 11.5 Å². The van der Waals surface area contributed by atoms with Crippen molar-refractivity contribution in [1.82, 2.24) is 0 Å². The highest BCUT2D eigenvalue weighted by atomic mass is 79.9. The van der Waals surface area contributed by atoms with Crippen molar-refractivity contribution in [2.45, 2.75) is 44.2 Å². The zero-order valence-corrected chi connectivity index (χ0v) is 18.3. The van der Waals surface area contributed by atoms with Crippen molar-refractivity contribution in [2.24, 2.45) is 5.92 Å². The molecule has 0 aliphatic carbocycles. The van der Waals surface area contributed by atoms with Crippen molar-refractivity contribution in [1.29, 1.82) is 0 Å². The van der Waals surface area contributed by atoms with Crippen LogP contribution in [0.25, 0.3) is 5.57 Å². The zero-order valence-electron chi connectivity index (χ0n) is 16.7. The minimum absolute atomic E-state index is 0. The average molecular weight is 444 g/mol. The Bertz CT molecular complexity index is 798. The molecule has 2 bridgehead atoms. The number of hydrogen-bond donors (Lipinski definition) is 2. The predicted octanol–water partition coefficient (Wildman–Crippen LogP) is 1.94. The number of rotatable bonds is 3. The number of piperidine rings is 2. The number of halogens is 1. The SMILES string of the molecule is C[N+]1(C)[C@@H]2CCC[C@H]1CC(C=C(c1ccccc1O)c1ccccc1O)C2.[Br-]. The van der Waals surface area contributed by atoms with Gasteiger partial charge in [0.1, 0.15) is 11.5 Å². The third-order valence-electron chi connectivity index (χ3n) is 6.90. The van der Waals surface area contributed by atoms with E-state index in [-0.39, 0.29) is 28.5 Å². The van der Waals surface area contributed by atoms with Crippen LogP contribution in [0.3, 0.4) is 0 Å². The van der Waals surface area contributed by atoms with E-state index in [1.54, 1.807) is 12.1 Å². The summed E-state index contributed by atoms with van der Waals surface area (Å²) in [4.78, 5) is 0. The summed E-state index contributed by atoms with van der Waals surface area (Å²) in [7, 11) is 4.78. The Morgan fingerprint density at radius 1 is 0.857 bits per heavy atom. The third kappa shape index (κ3) is 3.85. The van der Waals surface area contributed by atoms with Crippen molar-refractivity contribution in [3.05, 3.63) is 65.7 Å². The van der Waals surface area contributed by atoms with E-state index in [0.717, 1.165) is 21.2 Å². The van der Waals surface area contributed by atoms with Crippen molar-refractivity contribution < 1.29 is 31.7 Å². The second-order valence-corrected chi connectivity index (χ2v) is 8.71. The van der Waals surface area contributed by atoms with Crippen molar-refractivity contribution in [3.63, 3.8) is 0 Å². The van der Waals surface area contributed by atoms with Gasteiger partial charge < -0.3 is 31.7 Å². The summed E-state index contributed by atoms with van der Waals surface area (Å²) < 4.78 is 1.15.